The molecule has 0 saturated heterocycles. The molecule has 0 aliphatic carbocycles. The van der Waals surface area contributed by atoms with Crippen molar-refractivity contribution in [3.8, 4) is 0 Å². The van der Waals surface area contributed by atoms with Crippen LogP contribution < -0.4 is 5.32 Å². The fraction of sp³-hybridized carbons (Fsp3) is 0. The molecular formula is C13H7BrClF2NO2. The van der Waals surface area contributed by atoms with Crippen LogP contribution in [0.2, 0.25) is 5.02 Å². The highest BCUT2D eigenvalue weighted by molar-refractivity contribution is 9.10. The summed E-state index contributed by atoms with van der Waals surface area (Å²) in [6, 6.07) is 5.99. The minimum atomic E-state index is -1.21. The van der Waals surface area contributed by atoms with E-state index in [4.69, 9.17) is 16.7 Å². The van der Waals surface area contributed by atoms with Crippen LogP contribution in [-0.2, 0) is 0 Å². The molecule has 2 aromatic rings. The van der Waals surface area contributed by atoms with Gasteiger partial charge in [0, 0.05) is 11.1 Å². The van der Waals surface area contributed by atoms with Gasteiger partial charge in [-0.25, -0.2) is 13.6 Å². The van der Waals surface area contributed by atoms with Crippen molar-refractivity contribution in [2.24, 2.45) is 0 Å². The van der Waals surface area contributed by atoms with Crippen LogP contribution in [0.25, 0.3) is 0 Å². The standard InChI is InChI=1S/C13H7BrClF2NO2/c14-8-4-12(10(17)5-9(8)16)18-11-2-1-6(15)3-7(11)13(19)20/h1-5,18H,(H,19,20). The minimum Gasteiger partial charge on any atom is -0.478 e. The summed E-state index contributed by atoms with van der Waals surface area (Å²) in [5, 5.41) is 11.9. The summed E-state index contributed by atoms with van der Waals surface area (Å²) in [5.41, 5.74) is -0.0141. The van der Waals surface area contributed by atoms with E-state index in [0.29, 0.717) is 6.07 Å². The molecule has 2 N–H and O–H groups in total. The van der Waals surface area contributed by atoms with Crippen molar-refractivity contribution in [2.75, 3.05) is 5.32 Å². The zero-order valence-electron chi connectivity index (χ0n) is 9.75. The lowest BCUT2D eigenvalue weighted by atomic mass is 10.1. The molecule has 7 heteroatoms. The van der Waals surface area contributed by atoms with Gasteiger partial charge in [0.05, 0.1) is 21.4 Å². The van der Waals surface area contributed by atoms with Gasteiger partial charge in [-0.3, -0.25) is 0 Å². The third-order valence-corrected chi connectivity index (χ3v) is 3.33. The maximum atomic E-state index is 13.6. The molecule has 0 radical (unpaired) electrons. The van der Waals surface area contributed by atoms with Gasteiger partial charge in [-0.05, 0) is 40.2 Å². The van der Waals surface area contributed by atoms with Crippen molar-refractivity contribution < 1.29 is 18.7 Å². The Morgan fingerprint density at radius 2 is 1.85 bits per heavy atom. The summed E-state index contributed by atoms with van der Waals surface area (Å²) in [6.07, 6.45) is 0. The highest BCUT2D eigenvalue weighted by Gasteiger charge is 2.14. The van der Waals surface area contributed by atoms with Crippen LogP contribution >= 0.6 is 27.5 Å². The number of anilines is 2. The van der Waals surface area contributed by atoms with E-state index < -0.39 is 17.6 Å². The van der Waals surface area contributed by atoms with Crippen LogP contribution in [0.5, 0.6) is 0 Å². The molecule has 20 heavy (non-hydrogen) atoms. The van der Waals surface area contributed by atoms with E-state index in [0.717, 1.165) is 0 Å². The van der Waals surface area contributed by atoms with Gasteiger partial charge in [0.2, 0.25) is 0 Å². The number of carbonyl (C=O) groups is 1. The molecule has 0 heterocycles. The SMILES string of the molecule is O=C(O)c1cc(Cl)ccc1Nc1cc(Br)c(F)cc1F. The first-order chi connectivity index (χ1) is 9.38. The summed E-state index contributed by atoms with van der Waals surface area (Å²) < 4.78 is 26.8. The van der Waals surface area contributed by atoms with Crippen LogP contribution in [0.3, 0.4) is 0 Å². The Morgan fingerprint density at radius 1 is 1.15 bits per heavy atom. The Labute approximate surface area is 126 Å². The van der Waals surface area contributed by atoms with Crippen molar-refractivity contribution in [3.05, 3.63) is 57.0 Å². The Balaban J connectivity index is 2.45. The lowest BCUT2D eigenvalue weighted by Crippen LogP contribution is -2.04. The fourth-order valence-electron chi connectivity index (χ4n) is 1.57. The number of halogens is 4. The molecule has 0 unspecified atom stereocenters. The number of nitrogens with one attached hydrogen (secondary N) is 1. The van der Waals surface area contributed by atoms with E-state index in [9.17, 15) is 13.6 Å². The third kappa shape index (κ3) is 3.08. The molecule has 0 aromatic heterocycles. The van der Waals surface area contributed by atoms with Crippen molar-refractivity contribution in [2.45, 2.75) is 0 Å². The van der Waals surface area contributed by atoms with Crippen LogP contribution in [0.15, 0.2) is 34.8 Å². The Morgan fingerprint density at radius 3 is 2.50 bits per heavy atom. The lowest BCUT2D eigenvalue weighted by Gasteiger charge is -2.11. The number of hydrogen-bond acceptors (Lipinski definition) is 2. The molecular weight excluding hydrogens is 356 g/mol. The van der Waals surface area contributed by atoms with Gasteiger partial charge in [0.25, 0.3) is 0 Å². The van der Waals surface area contributed by atoms with E-state index in [2.05, 4.69) is 21.2 Å². The second-order valence-electron chi connectivity index (χ2n) is 3.87. The number of hydrogen-bond donors (Lipinski definition) is 2. The molecule has 2 rings (SSSR count). The first-order valence-electron chi connectivity index (χ1n) is 5.33. The number of benzene rings is 2. The highest BCUT2D eigenvalue weighted by Crippen LogP contribution is 2.29. The average molecular weight is 363 g/mol. The van der Waals surface area contributed by atoms with Gasteiger partial charge < -0.3 is 10.4 Å². The summed E-state index contributed by atoms with van der Waals surface area (Å²) in [7, 11) is 0. The van der Waals surface area contributed by atoms with Crippen molar-refractivity contribution in [3.63, 3.8) is 0 Å². The predicted octanol–water partition coefficient (Wildman–Crippen LogP) is 4.82. The molecule has 0 saturated carbocycles. The van der Waals surface area contributed by atoms with Gasteiger partial charge in [-0.1, -0.05) is 11.6 Å². The Hall–Kier alpha value is -1.66. The van der Waals surface area contributed by atoms with Crippen LogP contribution in [-0.4, -0.2) is 11.1 Å². The molecule has 0 aliphatic rings. The van der Waals surface area contributed by atoms with Crippen LogP contribution in [0, 0.1) is 11.6 Å². The monoisotopic (exact) mass is 361 g/mol. The number of aromatic carboxylic acids is 1. The van der Waals surface area contributed by atoms with Gasteiger partial charge in [0.1, 0.15) is 11.6 Å². The first kappa shape index (κ1) is 14.7. The second kappa shape index (κ2) is 5.76. The summed E-state index contributed by atoms with van der Waals surface area (Å²) in [6.45, 7) is 0. The van der Waals surface area contributed by atoms with Crippen molar-refractivity contribution >= 4 is 44.9 Å². The fourth-order valence-corrected chi connectivity index (χ4v) is 2.08. The van der Waals surface area contributed by atoms with Gasteiger partial charge >= 0.3 is 5.97 Å². The number of carboxylic acids is 1. The van der Waals surface area contributed by atoms with Gasteiger partial charge in [-0.2, -0.15) is 0 Å². The lowest BCUT2D eigenvalue weighted by molar-refractivity contribution is 0.0698. The van der Waals surface area contributed by atoms with E-state index >= 15 is 0 Å². The van der Waals surface area contributed by atoms with E-state index in [1.54, 1.807) is 0 Å². The maximum absolute atomic E-state index is 13.6. The predicted molar refractivity (Wildman–Crippen MR) is 75.8 cm³/mol. The van der Waals surface area contributed by atoms with Gasteiger partial charge in [-0.15, -0.1) is 0 Å². The summed E-state index contributed by atoms with van der Waals surface area (Å²) >= 11 is 8.65. The normalized spacial score (nSPS) is 10.4. The van der Waals surface area contributed by atoms with E-state index in [1.807, 2.05) is 0 Å². The maximum Gasteiger partial charge on any atom is 0.337 e. The molecule has 3 nitrogen and oxygen atoms in total. The van der Waals surface area contributed by atoms with E-state index in [-0.39, 0.29) is 26.4 Å². The Kier molecular flexibility index (Phi) is 4.25. The molecule has 0 fully saturated rings. The molecule has 0 aliphatic heterocycles. The Bertz CT molecular complexity index is 694. The molecule has 0 amide bonds. The highest BCUT2D eigenvalue weighted by atomic mass is 79.9. The largest absolute Gasteiger partial charge is 0.478 e. The first-order valence-corrected chi connectivity index (χ1v) is 6.50. The summed E-state index contributed by atoms with van der Waals surface area (Å²) in [4.78, 5) is 11.1. The minimum absolute atomic E-state index is 0.0527. The van der Waals surface area contributed by atoms with Crippen LogP contribution in [0.1, 0.15) is 10.4 Å². The topological polar surface area (TPSA) is 49.3 Å². The molecule has 104 valence electrons. The summed E-state index contributed by atoms with van der Waals surface area (Å²) in [5.74, 6) is -2.80. The van der Waals surface area contributed by atoms with Crippen molar-refractivity contribution in [1.82, 2.24) is 0 Å². The zero-order chi connectivity index (χ0) is 14.9. The van der Waals surface area contributed by atoms with E-state index in [1.165, 1.54) is 24.3 Å². The average Bonchev–Trinajstić information content (AvgIpc) is 2.37. The molecule has 0 bridgehead atoms. The molecule has 2 aromatic carbocycles. The number of rotatable bonds is 3. The van der Waals surface area contributed by atoms with Gasteiger partial charge in [0.15, 0.2) is 0 Å². The third-order valence-electron chi connectivity index (χ3n) is 2.49. The smallest absolute Gasteiger partial charge is 0.337 e. The van der Waals surface area contributed by atoms with Crippen molar-refractivity contribution in [1.29, 1.82) is 0 Å². The quantitative estimate of drug-likeness (QED) is 0.770. The molecule has 0 spiro atoms. The zero-order valence-corrected chi connectivity index (χ0v) is 12.1. The molecule has 0 atom stereocenters. The van der Waals surface area contributed by atoms with Crippen LogP contribution in [0.4, 0.5) is 20.2 Å². The second-order valence-corrected chi connectivity index (χ2v) is 5.16. The number of carboxylic acid groups (broad SMARTS) is 1.